The van der Waals surface area contributed by atoms with Gasteiger partial charge in [-0.05, 0) is 57.0 Å². The maximum atomic E-state index is 5.75. The first-order valence-electron chi connectivity index (χ1n) is 7.05. The first-order valence-corrected chi connectivity index (χ1v) is 7.05. The summed E-state index contributed by atoms with van der Waals surface area (Å²) >= 11 is 0. The van der Waals surface area contributed by atoms with Gasteiger partial charge in [-0.15, -0.1) is 0 Å². The Morgan fingerprint density at radius 1 is 1.10 bits per heavy atom. The van der Waals surface area contributed by atoms with E-state index < -0.39 is 0 Å². The minimum absolute atomic E-state index is 0.118. The van der Waals surface area contributed by atoms with Crippen molar-refractivity contribution in [3.8, 4) is 5.75 Å². The van der Waals surface area contributed by atoms with Gasteiger partial charge in [-0.25, -0.2) is 5.43 Å². The van der Waals surface area contributed by atoms with Gasteiger partial charge in [0, 0.05) is 0 Å². The van der Waals surface area contributed by atoms with Crippen LogP contribution in [0.4, 0.5) is 0 Å². The van der Waals surface area contributed by atoms with E-state index in [-0.39, 0.29) is 12.1 Å². The molecule has 0 aliphatic carbocycles. The van der Waals surface area contributed by atoms with E-state index >= 15 is 0 Å². The second-order valence-electron chi connectivity index (χ2n) is 5.36. The number of nitrogens with zero attached hydrogens (tertiary/aromatic N) is 2. The molecule has 0 aliphatic heterocycles. The van der Waals surface area contributed by atoms with Crippen LogP contribution < -0.4 is 16.0 Å². The molecule has 0 aliphatic rings. The van der Waals surface area contributed by atoms with E-state index in [2.05, 4.69) is 15.6 Å². The zero-order chi connectivity index (χ0) is 15.4. The molecule has 2 aromatic rings. The molecule has 0 bridgehead atoms. The number of nitrogens with one attached hydrogen (secondary N) is 1. The van der Waals surface area contributed by atoms with E-state index in [0.717, 1.165) is 28.3 Å². The summed E-state index contributed by atoms with van der Waals surface area (Å²) in [6.07, 6.45) is 0.161. The Morgan fingerprint density at radius 2 is 1.76 bits per heavy atom. The number of ether oxygens (including phenoxy) is 1. The fourth-order valence-corrected chi connectivity index (χ4v) is 2.24. The number of benzene rings is 1. The summed E-state index contributed by atoms with van der Waals surface area (Å²) in [6, 6.07) is 9.82. The number of hydrogen-bond acceptors (Lipinski definition) is 5. The van der Waals surface area contributed by atoms with Crippen molar-refractivity contribution in [2.45, 2.75) is 39.8 Å². The van der Waals surface area contributed by atoms with Crippen LogP contribution in [0.2, 0.25) is 0 Å². The predicted octanol–water partition coefficient (Wildman–Crippen LogP) is 2.43. The minimum atomic E-state index is -0.118. The third-order valence-electron chi connectivity index (χ3n) is 3.20. The molecule has 5 heteroatoms. The lowest BCUT2D eigenvalue weighted by Gasteiger charge is -2.19. The third kappa shape index (κ3) is 3.77. The summed E-state index contributed by atoms with van der Waals surface area (Å²) in [4.78, 5) is 0. The fourth-order valence-electron chi connectivity index (χ4n) is 2.24. The van der Waals surface area contributed by atoms with Crippen molar-refractivity contribution < 1.29 is 4.74 Å². The van der Waals surface area contributed by atoms with Crippen LogP contribution >= 0.6 is 0 Å². The van der Waals surface area contributed by atoms with Crippen molar-refractivity contribution in [2.24, 2.45) is 5.84 Å². The molecule has 21 heavy (non-hydrogen) atoms. The molecule has 0 saturated carbocycles. The first kappa shape index (κ1) is 15.4. The highest BCUT2D eigenvalue weighted by atomic mass is 16.5. The summed E-state index contributed by atoms with van der Waals surface area (Å²) < 4.78 is 5.66. The molecule has 0 spiro atoms. The van der Waals surface area contributed by atoms with Crippen LogP contribution in [0.25, 0.3) is 0 Å². The van der Waals surface area contributed by atoms with E-state index in [1.807, 2.05) is 58.0 Å². The zero-order valence-electron chi connectivity index (χ0n) is 12.9. The van der Waals surface area contributed by atoms with Crippen LogP contribution in [0.15, 0.2) is 30.3 Å². The molecule has 1 unspecified atom stereocenters. The lowest BCUT2D eigenvalue weighted by Crippen LogP contribution is -2.29. The lowest BCUT2D eigenvalue weighted by molar-refractivity contribution is 0.242. The second-order valence-corrected chi connectivity index (χ2v) is 5.36. The average molecular weight is 286 g/mol. The van der Waals surface area contributed by atoms with Crippen LogP contribution in [0.5, 0.6) is 5.75 Å². The zero-order valence-corrected chi connectivity index (χ0v) is 12.9. The Hall–Kier alpha value is -1.98. The summed E-state index contributed by atoms with van der Waals surface area (Å²) in [5, 5.41) is 8.22. The molecule has 0 fully saturated rings. The Bertz CT molecular complexity index is 596. The van der Waals surface area contributed by atoms with Crippen LogP contribution in [0, 0.1) is 13.8 Å². The largest absolute Gasteiger partial charge is 0.491 e. The smallest absolute Gasteiger partial charge is 0.119 e. The van der Waals surface area contributed by atoms with Crippen molar-refractivity contribution in [1.82, 2.24) is 15.6 Å². The molecule has 5 nitrogen and oxygen atoms in total. The van der Waals surface area contributed by atoms with E-state index in [4.69, 9.17) is 10.6 Å². The Kier molecular flexibility index (Phi) is 4.88. The number of hydrazine groups is 1. The van der Waals surface area contributed by atoms with E-state index in [1.165, 1.54) is 0 Å². The topological polar surface area (TPSA) is 73.1 Å². The van der Waals surface area contributed by atoms with Gasteiger partial charge in [0.25, 0.3) is 0 Å². The molecule has 1 heterocycles. The molecule has 0 amide bonds. The Labute approximate surface area is 125 Å². The number of aromatic nitrogens is 2. The van der Waals surface area contributed by atoms with Crippen LogP contribution in [0.1, 0.15) is 42.4 Å². The second kappa shape index (κ2) is 6.65. The summed E-state index contributed by atoms with van der Waals surface area (Å²) in [6.45, 7) is 7.87. The summed E-state index contributed by atoms with van der Waals surface area (Å²) in [5.41, 5.74) is 6.68. The molecule has 1 atom stereocenters. The maximum absolute atomic E-state index is 5.75. The molecule has 1 aromatic heterocycles. The van der Waals surface area contributed by atoms with E-state index in [0.29, 0.717) is 0 Å². The maximum Gasteiger partial charge on any atom is 0.119 e. The van der Waals surface area contributed by atoms with E-state index in [1.54, 1.807) is 0 Å². The van der Waals surface area contributed by atoms with Gasteiger partial charge in [0.05, 0.1) is 23.5 Å². The van der Waals surface area contributed by atoms with Crippen LogP contribution in [-0.2, 0) is 0 Å². The van der Waals surface area contributed by atoms with Crippen LogP contribution in [-0.4, -0.2) is 16.3 Å². The fraction of sp³-hybridized carbons (Fsp3) is 0.375. The monoisotopic (exact) mass is 286 g/mol. The number of aryl methyl sites for hydroxylation is 2. The predicted molar refractivity (Wildman–Crippen MR) is 82.9 cm³/mol. The molecule has 0 radical (unpaired) electrons. The number of nitrogens with two attached hydrogens (primary N) is 1. The van der Waals surface area contributed by atoms with Gasteiger partial charge < -0.3 is 4.74 Å². The van der Waals surface area contributed by atoms with Gasteiger partial charge in [-0.3, -0.25) is 5.84 Å². The lowest BCUT2D eigenvalue weighted by atomic mass is 9.98. The molecule has 2 rings (SSSR count). The number of hydrogen-bond donors (Lipinski definition) is 2. The Balaban J connectivity index is 2.31. The molecular weight excluding hydrogens is 264 g/mol. The van der Waals surface area contributed by atoms with Crippen molar-refractivity contribution in [3.05, 3.63) is 52.8 Å². The highest BCUT2D eigenvalue weighted by molar-refractivity contribution is 5.37. The minimum Gasteiger partial charge on any atom is -0.491 e. The molecule has 1 aromatic carbocycles. The average Bonchev–Trinajstić information content (AvgIpc) is 2.44. The molecule has 3 N–H and O–H groups in total. The quantitative estimate of drug-likeness (QED) is 0.652. The third-order valence-corrected chi connectivity index (χ3v) is 3.20. The highest BCUT2D eigenvalue weighted by Crippen LogP contribution is 2.25. The molecule has 0 saturated heterocycles. The first-order chi connectivity index (χ1) is 10.0. The Morgan fingerprint density at radius 3 is 2.33 bits per heavy atom. The molecule has 112 valence electrons. The highest BCUT2D eigenvalue weighted by Gasteiger charge is 2.16. The van der Waals surface area contributed by atoms with Gasteiger partial charge in [0.1, 0.15) is 5.75 Å². The van der Waals surface area contributed by atoms with Gasteiger partial charge in [0.15, 0.2) is 0 Å². The number of rotatable bonds is 5. The van der Waals surface area contributed by atoms with Crippen molar-refractivity contribution in [2.75, 3.05) is 0 Å². The van der Waals surface area contributed by atoms with Gasteiger partial charge in [0.2, 0.25) is 0 Å². The van der Waals surface area contributed by atoms with E-state index in [9.17, 15) is 0 Å². The van der Waals surface area contributed by atoms with Gasteiger partial charge in [-0.1, -0.05) is 12.1 Å². The normalized spacial score (nSPS) is 12.5. The van der Waals surface area contributed by atoms with Crippen molar-refractivity contribution in [1.29, 1.82) is 0 Å². The standard InChI is InChI=1S/C16H22N4O/c1-10(2)21-14-7-5-13(6-8-14)16(18-17)15-9-11(3)19-20-12(15)4/h5-10,16,18H,17H2,1-4H3. The summed E-state index contributed by atoms with van der Waals surface area (Å²) in [7, 11) is 0. The summed E-state index contributed by atoms with van der Waals surface area (Å²) in [5.74, 6) is 6.60. The van der Waals surface area contributed by atoms with Crippen molar-refractivity contribution >= 4 is 0 Å². The van der Waals surface area contributed by atoms with Gasteiger partial charge in [-0.2, -0.15) is 10.2 Å². The molecular formula is C16H22N4O. The van der Waals surface area contributed by atoms with Crippen molar-refractivity contribution in [3.63, 3.8) is 0 Å². The SMILES string of the molecule is Cc1cc(C(NN)c2ccc(OC(C)C)cc2)c(C)nn1. The van der Waals surface area contributed by atoms with Gasteiger partial charge >= 0.3 is 0 Å². The van der Waals surface area contributed by atoms with Crippen LogP contribution in [0.3, 0.4) is 0 Å².